The van der Waals surface area contributed by atoms with Crippen molar-refractivity contribution in [3.05, 3.63) is 81.4 Å². The Bertz CT molecular complexity index is 1030. The number of pyridine rings is 1. The molecule has 0 fully saturated rings. The van der Waals surface area contributed by atoms with E-state index in [0.717, 1.165) is 16.0 Å². The van der Waals surface area contributed by atoms with Gasteiger partial charge in [0.25, 0.3) is 5.56 Å². The van der Waals surface area contributed by atoms with Crippen molar-refractivity contribution in [1.29, 1.82) is 0 Å². The number of nitrogens with one attached hydrogen (secondary N) is 1. The summed E-state index contributed by atoms with van der Waals surface area (Å²) in [6.45, 7) is 0.510. The minimum atomic E-state index is -0.0692. The average molecular weight is 334 g/mol. The number of thiophene rings is 1. The van der Waals surface area contributed by atoms with Crippen LogP contribution in [0.4, 0.5) is 11.6 Å². The number of nitrogens with zero attached hydrogens (tertiary/aromatic N) is 3. The standard InChI is InChI=1S/C18H14N4OS/c23-16-9-8-13-11-19-18(20-14-5-2-1-3-6-14)21-17(13)22(16)12-15-7-4-10-24-15/h1-11H,12H2,(H,19,20,21). The van der Waals surface area contributed by atoms with Gasteiger partial charge in [0.1, 0.15) is 5.65 Å². The van der Waals surface area contributed by atoms with Gasteiger partial charge in [-0.25, -0.2) is 4.98 Å². The summed E-state index contributed by atoms with van der Waals surface area (Å²) in [7, 11) is 0. The number of anilines is 2. The van der Waals surface area contributed by atoms with E-state index >= 15 is 0 Å². The van der Waals surface area contributed by atoms with E-state index in [9.17, 15) is 4.79 Å². The summed E-state index contributed by atoms with van der Waals surface area (Å²) in [6.07, 6.45) is 1.73. The Hall–Kier alpha value is -2.99. The molecule has 3 heterocycles. The van der Waals surface area contributed by atoms with Gasteiger partial charge in [0.05, 0.1) is 6.54 Å². The van der Waals surface area contributed by atoms with Crippen LogP contribution >= 0.6 is 11.3 Å². The summed E-state index contributed by atoms with van der Waals surface area (Å²) in [5.41, 5.74) is 1.46. The Morgan fingerprint density at radius 1 is 1.04 bits per heavy atom. The van der Waals surface area contributed by atoms with E-state index in [0.29, 0.717) is 18.1 Å². The van der Waals surface area contributed by atoms with Gasteiger partial charge in [-0.15, -0.1) is 11.3 Å². The van der Waals surface area contributed by atoms with Crippen molar-refractivity contribution in [2.24, 2.45) is 0 Å². The minimum Gasteiger partial charge on any atom is -0.324 e. The molecule has 1 aromatic carbocycles. The van der Waals surface area contributed by atoms with E-state index in [1.807, 2.05) is 47.8 Å². The molecule has 118 valence electrons. The van der Waals surface area contributed by atoms with Crippen molar-refractivity contribution in [2.75, 3.05) is 5.32 Å². The van der Waals surface area contributed by atoms with Gasteiger partial charge in [0.2, 0.25) is 5.95 Å². The molecule has 1 N–H and O–H groups in total. The summed E-state index contributed by atoms with van der Waals surface area (Å²) >= 11 is 1.62. The summed E-state index contributed by atoms with van der Waals surface area (Å²) in [6, 6.07) is 17.0. The third-order valence-corrected chi connectivity index (χ3v) is 4.51. The highest BCUT2D eigenvalue weighted by atomic mass is 32.1. The summed E-state index contributed by atoms with van der Waals surface area (Å²) in [5.74, 6) is 0.472. The first-order valence-corrected chi connectivity index (χ1v) is 8.39. The molecule has 3 aromatic heterocycles. The molecule has 5 nitrogen and oxygen atoms in total. The van der Waals surface area contributed by atoms with Crippen LogP contribution in [0.5, 0.6) is 0 Å². The number of aromatic nitrogens is 3. The largest absolute Gasteiger partial charge is 0.324 e. The van der Waals surface area contributed by atoms with Crippen molar-refractivity contribution in [3.63, 3.8) is 0 Å². The molecule has 0 atom stereocenters. The first kappa shape index (κ1) is 14.6. The zero-order chi connectivity index (χ0) is 16.4. The predicted molar refractivity (Wildman–Crippen MR) is 96.9 cm³/mol. The molecule has 0 saturated carbocycles. The quantitative estimate of drug-likeness (QED) is 0.619. The molecule has 0 amide bonds. The van der Waals surface area contributed by atoms with Gasteiger partial charge in [-0.3, -0.25) is 9.36 Å². The molecule has 0 aliphatic heterocycles. The fourth-order valence-corrected chi connectivity index (χ4v) is 3.19. The van der Waals surface area contributed by atoms with Crippen molar-refractivity contribution in [2.45, 2.75) is 6.54 Å². The van der Waals surface area contributed by atoms with Crippen LogP contribution in [0.2, 0.25) is 0 Å². The monoisotopic (exact) mass is 334 g/mol. The van der Waals surface area contributed by atoms with E-state index in [1.165, 1.54) is 0 Å². The Balaban J connectivity index is 1.78. The maximum atomic E-state index is 12.3. The van der Waals surface area contributed by atoms with Crippen molar-refractivity contribution < 1.29 is 0 Å². The van der Waals surface area contributed by atoms with E-state index < -0.39 is 0 Å². The van der Waals surface area contributed by atoms with E-state index in [-0.39, 0.29) is 5.56 Å². The first-order chi connectivity index (χ1) is 11.8. The highest BCUT2D eigenvalue weighted by Gasteiger charge is 2.08. The number of hydrogen-bond acceptors (Lipinski definition) is 5. The third kappa shape index (κ3) is 2.91. The van der Waals surface area contributed by atoms with Crippen LogP contribution < -0.4 is 10.9 Å². The molecule has 24 heavy (non-hydrogen) atoms. The second-order valence-corrected chi connectivity index (χ2v) is 6.33. The fraction of sp³-hybridized carbons (Fsp3) is 0.0556. The van der Waals surface area contributed by atoms with Gasteiger partial charge >= 0.3 is 0 Å². The lowest BCUT2D eigenvalue weighted by Gasteiger charge is -2.10. The minimum absolute atomic E-state index is 0.0692. The topological polar surface area (TPSA) is 59.8 Å². The van der Waals surface area contributed by atoms with Crippen molar-refractivity contribution >= 4 is 34.0 Å². The number of benzene rings is 1. The lowest BCUT2D eigenvalue weighted by Crippen LogP contribution is -2.20. The molecule has 0 aliphatic rings. The van der Waals surface area contributed by atoms with Crippen LogP contribution in [0.1, 0.15) is 4.88 Å². The number of rotatable bonds is 4. The summed E-state index contributed by atoms with van der Waals surface area (Å²) in [4.78, 5) is 22.3. The Morgan fingerprint density at radius 2 is 1.92 bits per heavy atom. The molecule has 0 radical (unpaired) electrons. The van der Waals surface area contributed by atoms with Crippen LogP contribution in [-0.4, -0.2) is 14.5 Å². The summed E-state index contributed by atoms with van der Waals surface area (Å²) < 4.78 is 1.68. The molecule has 4 rings (SSSR count). The molecule has 6 heteroatoms. The highest BCUT2D eigenvalue weighted by molar-refractivity contribution is 7.09. The predicted octanol–water partition coefficient (Wildman–Crippen LogP) is 3.64. The SMILES string of the molecule is O=c1ccc2cnc(Nc3ccccc3)nc2n1Cc1cccs1. The summed E-state index contributed by atoms with van der Waals surface area (Å²) in [5, 5.41) is 6.01. The molecular weight excluding hydrogens is 320 g/mol. The van der Waals surface area contributed by atoms with Crippen LogP contribution in [0, 0.1) is 0 Å². The second-order valence-electron chi connectivity index (χ2n) is 5.30. The highest BCUT2D eigenvalue weighted by Crippen LogP contribution is 2.17. The smallest absolute Gasteiger partial charge is 0.252 e. The second kappa shape index (κ2) is 6.25. The Labute approximate surface area is 142 Å². The fourth-order valence-electron chi connectivity index (χ4n) is 2.49. The number of hydrogen-bond donors (Lipinski definition) is 1. The van der Waals surface area contributed by atoms with E-state index in [4.69, 9.17) is 0 Å². The van der Waals surface area contributed by atoms with Gasteiger partial charge in [0.15, 0.2) is 0 Å². The zero-order valence-electron chi connectivity index (χ0n) is 12.7. The lowest BCUT2D eigenvalue weighted by atomic mass is 10.3. The molecule has 0 unspecified atom stereocenters. The molecular formula is C18H14N4OS. The van der Waals surface area contributed by atoms with Crippen LogP contribution in [0.15, 0.2) is 71.0 Å². The average Bonchev–Trinajstić information content (AvgIpc) is 3.12. The molecule has 0 spiro atoms. The first-order valence-electron chi connectivity index (χ1n) is 7.51. The van der Waals surface area contributed by atoms with Gasteiger partial charge < -0.3 is 5.32 Å². The maximum absolute atomic E-state index is 12.3. The zero-order valence-corrected chi connectivity index (χ0v) is 13.5. The van der Waals surface area contributed by atoms with Crippen molar-refractivity contribution in [3.8, 4) is 0 Å². The Kier molecular flexibility index (Phi) is 3.80. The molecule has 0 aliphatic carbocycles. The lowest BCUT2D eigenvalue weighted by molar-refractivity contribution is 0.793. The van der Waals surface area contributed by atoms with Gasteiger partial charge in [-0.2, -0.15) is 4.98 Å². The van der Waals surface area contributed by atoms with Gasteiger partial charge in [-0.1, -0.05) is 24.3 Å². The van der Waals surface area contributed by atoms with Crippen LogP contribution in [0.25, 0.3) is 11.0 Å². The van der Waals surface area contributed by atoms with E-state index in [1.54, 1.807) is 34.2 Å². The number of para-hydroxylation sites is 1. The number of fused-ring (bicyclic) bond motifs is 1. The van der Waals surface area contributed by atoms with Gasteiger partial charge in [-0.05, 0) is 29.6 Å². The third-order valence-electron chi connectivity index (χ3n) is 3.65. The van der Waals surface area contributed by atoms with Crippen LogP contribution in [0.3, 0.4) is 0 Å². The molecule has 0 saturated heterocycles. The molecule has 4 aromatic rings. The van der Waals surface area contributed by atoms with Crippen LogP contribution in [-0.2, 0) is 6.54 Å². The normalized spacial score (nSPS) is 10.8. The van der Waals surface area contributed by atoms with E-state index in [2.05, 4.69) is 15.3 Å². The Morgan fingerprint density at radius 3 is 2.71 bits per heavy atom. The maximum Gasteiger partial charge on any atom is 0.252 e. The van der Waals surface area contributed by atoms with Gasteiger partial charge in [0, 0.05) is 28.2 Å². The van der Waals surface area contributed by atoms with Crippen molar-refractivity contribution in [1.82, 2.24) is 14.5 Å². The molecule has 0 bridgehead atoms.